The molecule has 142 valence electrons. The van der Waals surface area contributed by atoms with Crippen molar-refractivity contribution >= 4 is 5.91 Å². The summed E-state index contributed by atoms with van der Waals surface area (Å²) in [5.41, 5.74) is 3.49. The molecule has 3 heterocycles. The Hall–Kier alpha value is -2.47. The predicted octanol–water partition coefficient (Wildman–Crippen LogP) is 2.42. The maximum absolute atomic E-state index is 11.9. The van der Waals surface area contributed by atoms with Crippen molar-refractivity contribution in [2.45, 2.75) is 45.4 Å². The first kappa shape index (κ1) is 17.9. The average molecular weight is 366 g/mol. The van der Waals surface area contributed by atoms with Gasteiger partial charge in [-0.25, -0.2) is 9.97 Å². The maximum atomic E-state index is 11.9. The molecular weight excluding hydrogens is 340 g/mol. The first-order valence-electron chi connectivity index (χ1n) is 9.76. The van der Waals surface area contributed by atoms with Crippen LogP contribution >= 0.6 is 0 Å². The van der Waals surface area contributed by atoms with E-state index in [1.165, 1.54) is 5.56 Å². The van der Waals surface area contributed by atoms with E-state index < -0.39 is 0 Å². The van der Waals surface area contributed by atoms with E-state index in [1.54, 1.807) is 6.33 Å². The third-order valence-electron chi connectivity index (χ3n) is 5.37. The van der Waals surface area contributed by atoms with E-state index in [2.05, 4.69) is 39.1 Å². The Morgan fingerprint density at radius 3 is 2.89 bits per heavy atom. The number of carbonyl (C=O) groups is 1. The molecule has 6 nitrogen and oxygen atoms in total. The number of ether oxygens (including phenoxy) is 1. The fraction of sp³-hybridized carbons (Fsp3) is 0.476. The fourth-order valence-corrected chi connectivity index (χ4v) is 3.88. The molecule has 0 spiro atoms. The van der Waals surface area contributed by atoms with Crippen LogP contribution in [0, 0.1) is 0 Å². The van der Waals surface area contributed by atoms with Gasteiger partial charge >= 0.3 is 0 Å². The summed E-state index contributed by atoms with van der Waals surface area (Å²) in [5.74, 6) is 0.883. The number of rotatable bonds is 5. The summed E-state index contributed by atoms with van der Waals surface area (Å²) in [5, 5.41) is 0. The summed E-state index contributed by atoms with van der Waals surface area (Å²) in [7, 11) is 0. The van der Waals surface area contributed by atoms with Crippen molar-refractivity contribution in [2.24, 2.45) is 0 Å². The Morgan fingerprint density at radius 2 is 2.07 bits per heavy atom. The van der Waals surface area contributed by atoms with Gasteiger partial charge in [-0.1, -0.05) is 37.3 Å². The standard InChI is InChI=1S/C21H26N4O2/c1-2-20(26)25-11-8-17(13-25)27-21-18-14-24(10-9-19(18)22-15-23-21)12-16-6-4-3-5-7-16/h3-7,15,17H,2,8-14H2,1H3. The number of hydrogen-bond donors (Lipinski definition) is 0. The molecule has 0 saturated carbocycles. The lowest BCUT2D eigenvalue weighted by Crippen LogP contribution is -2.33. The summed E-state index contributed by atoms with van der Waals surface area (Å²) in [6.07, 6.45) is 3.93. The fourth-order valence-electron chi connectivity index (χ4n) is 3.88. The number of hydrogen-bond acceptors (Lipinski definition) is 5. The molecule has 27 heavy (non-hydrogen) atoms. The monoisotopic (exact) mass is 366 g/mol. The van der Waals surface area contributed by atoms with Crippen molar-refractivity contribution in [1.29, 1.82) is 0 Å². The molecule has 1 amide bonds. The van der Waals surface area contributed by atoms with Crippen LogP contribution in [0.2, 0.25) is 0 Å². The number of amides is 1. The minimum absolute atomic E-state index is 0.0176. The molecule has 1 fully saturated rings. The Labute approximate surface area is 160 Å². The molecule has 0 bridgehead atoms. The zero-order valence-corrected chi connectivity index (χ0v) is 15.8. The summed E-state index contributed by atoms with van der Waals surface area (Å²) in [6.45, 7) is 6.02. The number of likely N-dealkylation sites (tertiary alicyclic amines) is 1. The largest absolute Gasteiger partial charge is 0.472 e. The maximum Gasteiger partial charge on any atom is 0.222 e. The topological polar surface area (TPSA) is 58.6 Å². The number of benzene rings is 1. The Bertz CT molecular complexity index is 796. The predicted molar refractivity (Wildman–Crippen MR) is 102 cm³/mol. The smallest absolute Gasteiger partial charge is 0.222 e. The van der Waals surface area contributed by atoms with E-state index >= 15 is 0 Å². The Kier molecular flexibility index (Phi) is 5.34. The minimum atomic E-state index is 0.0176. The third-order valence-corrected chi connectivity index (χ3v) is 5.37. The molecule has 1 aromatic carbocycles. The van der Waals surface area contributed by atoms with Crippen molar-refractivity contribution in [1.82, 2.24) is 19.8 Å². The van der Waals surface area contributed by atoms with E-state index in [9.17, 15) is 4.79 Å². The third kappa shape index (κ3) is 4.11. The van der Waals surface area contributed by atoms with Crippen LogP contribution in [-0.4, -0.2) is 51.4 Å². The van der Waals surface area contributed by atoms with E-state index in [-0.39, 0.29) is 12.0 Å². The first-order chi connectivity index (χ1) is 13.2. The van der Waals surface area contributed by atoms with Crippen molar-refractivity contribution in [2.75, 3.05) is 19.6 Å². The van der Waals surface area contributed by atoms with Crippen LogP contribution < -0.4 is 4.74 Å². The molecule has 4 rings (SSSR count). The van der Waals surface area contributed by atoms with E-state index in [0.29, 0.717) is 18.8 Å². The van der Waals surface area contributed by atoms with Gasteiger partial charge in [0.15, 0.2) is 0 Å². The number of nitrogens with zero attached hydrogens (tertiary/aromatic N) is 4. The van der Waals surface area contributed by atoms with E-state index in [4.69, 9.17) is 4.74 Å². The van der Waals surface area contributed by atoms with Gasteiger partial charge in [0.2, 0.25) is 11.8 Å². The van der Waals surface area contributed by atoms with Gasteiger partial charge < -0.3 is 9.64 Å². The van der Waals surface area contributed by atoms with Crippen LogP contribution in [0.1, 0.15) is 36.6 Å². The summed E-state index contributed by atoms with van der Waals surface area (Å²) in [4.78, 5) is 25.1. The second-order valence-corrected chi connectivity index (χ2v) is 7.27. The molecule has 2 aliphatic heterocycles. The molecule has 6 heteroatoms. The lowest BCUT2D eigenvalue weighted by Gasteiger charge is -2.29. The molecule has 2 aliphatic rings. The van der Waals surface area contributed by atoms with Gasteiger partial charge in [0.25, 0.3) is 0 Å². The van der Waals surface area contributed by atoms with Crippen LogP contribution in [0.5, 0.6) is 5.88 Å². The molecule has 1 saturated heterocycles. The van der Waals surface area contributed by atoms with Crippen LogP contribution in [0.4, 0.5) is 0 Å². The zero-order valence-electron chi connectivity index (χ0n) is 15.8. The van der Waals surface area contributed by atoms with Crippen LogP contribution in [0.15, 0.2) is 36.7 Å². The highest BCUT2D eigenvalue weighted by Gasteiger charge is 2.29. The molecule has 1 unspecified atom stereocenters. The lowest BCUT2D eigenvalue weighted by atomic mass is 10.1. The van der Waals surface area contributed by atoms with Crippen LogP contribution in [0.3, 0.4) is 0 Å². The number of fused-ring (bicyclic) bond motifs is 1. The van der Waals surface area contributed by atoms with Crippen molar-refractivity contribution in [3.63, 3.8) is 0 Å². The lowest BCUT2D eigenvalue weighted by molar-refractivity contribution is -0.130. The van der Waals surface area contributed by atoms with Gasteiger partial charge in [0.05, 0.1) is 12.2 Å². The highest BCUT2D eigenvalue weighted by molar-refractivity contribution is 5.76. The van der Waals surface area contributed by atoms with Gasteiger partial charge in [-0.3, -0.25) is 9.69 Å². The SMILES string of the molecule is CCC(=O)N1CCC(Oc2ncnc3c2CN(Cc2ccccc2)CC3)C1. The second-order valence-electron chi connectivity index (χ2n) is 7.27. The number of aromatic nitrogens is 2. The first-order valence-corrected chi connectivity index (χ1v) is 9.76. The quantitative estimate of drug-likeness (QED) is 0.813. The van der Waals surface area contributed by atoms with E-state index in [1.807, 2.05) is 17.9 Å². The highest BCUT2D eigenvalue weighted by Crippen LogP contribution is 2.27. The second kappa shape index (κ2) is 8.05. The van der Waals surface area contributed by atoms with Gasteiger partial charge in [0, 0.05) is 51.0 Å². The van der Waals surface area contributed by atoms with Crippen molar-refractivity contribution in [3.8, 4) is 5.88 Å². The van der Waals surface area contributed by atoms with Gasteiger partial charge in [-0.15, -0.1) is 0 Å². The molecular formula is C21H26N4O2. The van der Waals surface area contributed by atoms with Crippen LogP contribution in [0.25, 0.3) is 0 Å². The van der Waals surface area contributed by atoms with Crippen LogP contribution in [-0.2, 0) is 24.3 Å². The van der Waals surface area contributed by atoms with E-state index in [0.717, 1.165) is 50.3 Å². The summed E-state index contributed by atoms with van der Waals surface area (Å²) < 4.78 is 6.23. The Balaban J connectivity index is 1.45. The molecule has 0 aliphatic carbocycles. The van der Waals surface area contributed by atoms with Crippen molar-refractivity contribution < 1.29 is 9.53 Å². The van der Waals surface area contributed by atoms with Gasteiger partial charge in [-0.2, -0.15) is 0 Å². The molecule has 1 atom stereocenters. The van der Waals surface area contributed by atoms with Gasteiger partial charge in [0.1, 0.15) is 12.4 Å². The van der Waals surface area contributed by atoms with Crippen molar-refractivity contribution in [3.05, 3.63) is 53.5 Å². The zero-order chi connectivity index (χ0) is 18.6. The molecule has 0 radical (unpaired) electrons. The minimum Gasteiger partial charge on any atom is -0.472 e. The molecule has 2 aromatic rings. The summed E-state index contributed by atoms with van der Waals surface area (Å²) >= 11 is 0. The Morgan fingerprint density at radius 1 is 1.22 bits per heavy atom. The molecule has 0 N–H and O–H groups in total. The highest BCUT2D eigenvalue weighted by atomic mass is 16.5. The average Bonchev–Trinajstić information content (AvgIpc) is 3.17. The number of carbonyl (C=O) groups excluding carboxylic acids is 1. The normalized spacial score (nSPS) is 19.7. The summed E-state index contributed by atoms with van der Waals surface area (Å²) in [6, 6.07) is 10.5. The van der Waals surface area contributed by atoms with Gasteiger partial charge in [-0.05, 0) is 5.56 Å². The molecule has 1 aromatic heterocycles.